The van der Waals surface area contributed by atoms with Gasteiger partial charge in [0.1, 0.15) is 6.29 Å². The number of benzene rings is 1. The highest BCUT2D eigenvalue weighted by atomic mass is 16.1. The molecule has 0 aliphatic heterocycles. The lowest BCUT2D eigenvalue weighted by Gasteiger charge is -2.09. The number of hydrogen-bond donors (Lipinski definition) is 0. The van der Waals surface area contributed by atoms with Crippen molar-refractivity contribution in [2.45, 2.75) is 6.54 Å². The molecule has 0 aliphatic carbocycles. The van der Waals surface area contributed by atoms with Crippen molar-refractivity contribution >= 4 is 12.4 Å². The van der Waals surface area contributed by atoms with Gasteiger partial charge in [-0.2, -0.15) is 0 Å². The van der Waals surface area contributed by atoms with Crippen molar-refractivity contribution in [3.8, 4) is 0 Å². The first kappa shape index (κ1) is 10.7. The molecule has 1 aromatic rings. The van der Waals surface area contributed by atoms with Crippen LogP contribution in [0.4, 0.5) is 0 Å². The van der Waals surface area contributed by atoms with E-state index >= 15 is 0 Å². The van der Waals surface area contributed by atoms with Crippen molar-refractivity contribution in [2.24, 2.45) is 0 Å². The number of carbonyl (C=O) groups excluding carboxylic acids is 1. The van der Waals surface area contributed by atoms with Crippen molar-refractivity contribution in [2.75, 3.05) is 14.1 Å². The molecule has 0 N–H and O–H groups in total. The van der Waals surface area contributed by atoms with Crippen LogP contribution < -0.4 is 0 Å². The topological polar surface area (TPSA) is 20.3 Å². The molecule has 0 saturated heterocycles. The van der Waals surface area contributed by atoms with E-state index in [1.165, 1.54) is 11.6 Å². The van der Waals surface area contributed by atoms with E-state index in [-0.39, 0.29) is 0 Å². The van der Waals surface area contributed by atoms with Crippen LogP contribution in [0, 0.1) is 0 Å². The van der Waals surface area contributed by atoms with E-state index in [2.05, 4.69) is 17.0 Å². The van der Waals surface area contributed by atoms with Crippen molar-refractivity contribution in [1.82, 2.24) is 4.90 Å². The second-order valence-corrected chi connectivity index (χ2v) is 3.48. The highest BCUT2D eigenvalue weighted by molar-refractivity contribution is 5.73. The van der Waals surface area contributed by atoms with Crippen LogP contribution in [0.1, 0.15) is 11.1 Å². The fourth-order valence-corrected chi connectivity index (χ4v) is 1.31. The molecule has 1 rings (SSSR count). The Morgan fingerprint density at radius 3 is 2.79 bits per heavy atom. The van der Waals surface area contributed by atoms with E-state index in [4.69, 9.17) is 0 Å². The van der Waals surface area contributed by atoms with E-state index < -0.39 is 0 Å². The molecule has 0 aliphatic rings. The highest BCUT2D eigenvalue weighted by Crippen LogP contribution is 2.08. The third-order valence-electron chi connectivity index (χ3n) is 1.82. The summed E-state index contributed by atoms with van der Waals surface area (Å²) in [5.41, 5.74) is 2.32. The van der Waals surface area contributed by atoms with Gasteiger partial charge in [-0.3, -0.25) is 4.79 Å². The molecule has 0 amide bonds. The SMILES string of the molecule is CN(C)Cc1cccc(/C=C/C=O)c1. The smallest absolute Gasteiger partial charge is 0.142 e. The molecule has 1 aromatic carbocycles. The van der Waals surface area contributed by atoms with Crippen molar-refractivity contribution in [3.63, 3.8) is 0 Å². The van der Waals surface area contributed by atoms with E-state index in [0.717, 1.165) is 18.4 Å². The summed E-state index contributed by atoms with van der Waals surface area (Å²) < 4.78 is 0. The molecule has 2 nitrogen and oxygen atoms in total. The maximum Gasteiger partial charge on any atom is 0.142 e. The first-order valence-electron chi connectivity index (χ1n) is 4.58. The van der Waals surface area contributed by atoms with Gasteiger partial charge < -0.3 is 4.90 Å². The molecule has 0 heterocycles. The fraction of sp³-hybridized carbons (Fsp3) is 0.250. The number of carbonyl (C=O) groups is 1. The second-order valence-electron chi connectivity index (χ2n) is 3.48. The molecule has 2 heteroatoms. The van der Waals surface area contributed by atoms with Gasteiger partial charge in [0.15, 0.2) is 0 Å². The molecule has 0 saturated carbocycles. The molecule has 14 heavy (non-hydrogen) atoms. The number of allylic oxidation sites excluding steroid dienone is 1. The van der Waals surface area contributed by atoms with Gasteiger partial charge in [0, 0.05) is 6.54 Å². The van der Waals surface area contributed by atoms with Gasteiger partial charge in [-0.25, -0.2) is 0 Å². The quantitative estimate of drug-likeness (QED) is 0.533. The summed E-state index contributed by atoms with van der Waals surface area (Å²) >= 11 is 0. The molecule has 0 spiro atoms. The summed E-state index contributed by atoms with van der Waals surface area (Å²) in [4.78, 5) is 12.3. The van der Waals surface area contributed by atoms with Gasteiger partial charge in [0.25, 0.3) is 0 Å². The van der Waals surface area contributed by atoms with Crippen LogP contribution in [0.2, 0.25) is 0 Å². The molecular formula is C12H15NO. The van der Waals surface area contributed by atoms with Crippen LogP contribution in [0.25, 0.3) is 6.08 Å². The minimum absolute atomic E-state index is 0.790. The lowest BCUT2D eigenvalue weighted by Crippen LogP contribution is -2.10. The van der Waals surface area contributed by atoms with E-state index in [1.807, 2.05) is 32.3 Å². The maximum absolute atomic E-state index is 10.1. The molecule has 0 bridgehead atoms. The first-order chi connectivity index (χ1) is 6.72. The maximum atomic E-state index is 10.1. The summed E-state index contributed by atoms with van der Waals surface area (Å²) in [5.74, 6) is 0. The molecule has 0 radical (unpaired) electrons. The van der Waals surface area contributed by atoms with Crippen LogP contribution in [-0.2, 0) is 11.3 Å². The monoisotopic (exact) mass is 189 g/mol. The van der Waals surface area contributed by atoms with Crippen LogP contribution in [0.3, 0.4) is 0 Å². The summed E-state index contributed by atoms with van der Waals surface area (Å²) in [6.07, 6.45) is 4.11. The number of nitrogens with zero attached hydrogens (tertiary/aromatic N) is 1. The van der Waals surface area contributed by atoms with Crippen LogP contribution >= 0.6 is 0 Å². The Balaban J connectivity index is 2.78. The molecule has 0 atom stereocenters. The van der Waals surface area contributed by atoms with Crippen LogP contribution in [0.5, 0.6) is 0 Å². The predicted octanol–water partition coefficient (Wildman–Crippen LogP) is 1.96. The zero-order valence-electron chi connectivity index (χ0n) is 8.60. The Kier molecular flexibility index (Phi) is 4.08. The van der Waals surface area contributed by atoms with Gasteiger partial charge >= 0.3 is 0 Å². The van der Waals surface area contributed by atoms with E-state index in [0.29, 0.717) is 0 Å². The van der Waals surface area contributed by atoms with Gasteiger partial charge in [0.05, 0.1) is 0 Å². The summed E-state index contributed by atoms with van der Waals surface area (Å²) in [5, 5.41) is 0. The first-order valence-corrected chi connectivity index (χ1v) is 4.58. The van der Waals surface area contributed by atoms with Crippen molar-refractivity contribution in [3.05, 3.63) is 41.5 Å². The average Bonchev–Trinajstić information content (AvgIpc) is 2.14. The van der Waals surface area contributed by atoms with Gasteiger partial charge in [-0.1, -0.05) is 30.3 Å². The van der Waals surface area contributed by atoms with Gasteiger partial charge in [-0.15, -0.1) is 0 Å². The zero-order valence-corrected chi connectivity index (χ0v) is 8.60. The molecule has 0 fully saturated rings. The normalized spacial score (nSPS) is 11.1. The lowest BCUT2D eigenvalue weighted by atomic mass is 10.1. The summed E-state index contributed by atoms with van der Waals surface area (Å²) in [7, 11) is 4.07. The largest absolute Gasteiger partial charge is 0.305 e. The Morgan fingerprint density at radius 1 is 1.36 bits per heavy atom. The van der Waals surface area contributed by atoms with E-state index in [9.17, 15) is 4.79 Å². The zero-order chi connectivity index (χ0) is 10.4. The lowest BCUT2D eigenvalue weighted by molar-refractivity contribution is -0.104. The average molecular weight is 189 g/mol. The minimum atomic E-state index is 0.790. The number of hydrogen-bond acceptors (Lipinski definition) is 2. The summed E-state index contributed by atoms with van der Waals surface area (Å²) in [6.45, 7) is 0.919. The highest BCUT2D eigenvalue weighted by Gasteiger charge is 1.94. The van der Waals surface area contributed by atoms with Crippen LogP contribution in [-0.4, -0.2) is 25.3 Å². The second kappa shape index (κ2) is 5.35. The van der Waals surface area contributed by atoms with Crippen molar-refractivity contribution in [1.29, 1.82) is 0 Å². The third-order valence-corrected chi connectivity index (χ3v) is 1.82. The van der Waals surface area contributed by atoms with Crippen molar-refractivity contribution < 1.29 is 4.79 Å². The predicted molar refractivity (Wildman–Crippen MR) is 58.9 cm³/mol. The van der Waals surface area contributed by atoms with Crippen LogP contribution in [0.15, 0.2) is 30.3 Å². The Morgan fingerprint density at radius 2 is 2.14 bits per heavy atom. The molecular weight excluding hydrogens is 174 g/mol. The molecule has 74 valence electrons. The third kappa shape index (κ3) is 3.54. The standard InChI is InChI=1S/C12H15NO/c1-13(2)10-12-6-3-5-11(9-12)7-4-8-14/h3-9H,10H2,1-2H3/b7-4+. The summed E-state index contributed by atoms with van der Waals surface area (Å²) in [6, 6.07) is 8.15. The molecule has 0 aromatic heterocycles. The number of aldehydes is 1. The Bertz CT molecular complexity index is 329. The fourth-order valence-electron chi connectivity index (χ4n) is 1.31. The Hall–Kier alpha value is -1.41. The minimum Gasteiger partial charge on any atom is -0.305 e. The van der Waals surface area contributed by atoms with Gasteiger partial charge in [0.2, 0.25) is 0 Å². The van der Waals surface area contributed by atoms with Gasteiger partial charge in [-0.05, 0) is 31.3 Å². The van der Waals surface area contributed by atoms with E-state index in [1.54, 1.807) is 0 Å². The Labute approximate surface area is 84.9 Å². The number of rotatable bonds is 4. The molecule has 0 unspecified atom stereocenters.